The molecule has 0 aliphatic heterocycles. The van der Waals surface area contributed by atoms with E-state index in [0.717, 1.165) is 12.0 Å². The van der Waals surface area contributed by atoms with Crippen LogP contribution in [0.15, 0.2) is 10.5 Å². The highest BCUT2D eigenvalue weighted by Crippen LogP contribution is 2.16. The average Bonchev–Trinajstić information content (AvgIpc) is 2.56. The Bertz CT molecular complexity index is 320. The van der Waals surface area contributed by atoms with Crippen molar-refractivity contribution >= 4 is 17.5 Å². The van der Waals surface area contributed by atoms with Crippen molar-refractivity contribution in [2.45, 2.75) is 26.1 Å². The number of nitrogens with one attached hydrogen (secondary N) is 1. The van der Waals surface area contributed by atoms with Gasteiger partial charge in [-0.1, -0.05) is 6.92 Å². The van der Waals surface area contributed by atoms with Gasteiger partial charge in [0.2, 0.25) is 0 Å². The molecule has 1 rings (SSSR count). The summed E-state index contributed by atoms with van der Waals surface area (Å²) in [6.45, 7) is 4.46. The second kappa shape index (κ2) is 5.05. The zero-order valence-corrected chi connectivity index (χ0v) is 9.15. The summed E-state index contributed by atoms with van der Waals surface area (Å²) in [5.41, 5.74) is 0.869. The van der Waals surface area contributed by atoms with E-state index in [1.165, 1.54) is 0 Å². The van der Waals surface area contributed by atoms with Crippen molar-refractivity contribution in [2.75, 3.05) is 6.54 Å². The highest BCUT2D eigenvalue weighted by molar-refractivity contribution is 6.17. The Hall–Kier alpha value is -0.960. The highest BCUT2D eigenvalue weighted by atomic mass is 35.5. The standard InChI is InChI=1S/C10H14ClNO2/c1-3-4-12-10(13)9-5-8(6-11)7(2)14-9/h5H,3-4,6H2,1-2H3,(H,12,13). The number of hydrogen-bond acceptors (Lipinski definition) is 2. The maximum absolute atomic E-state index is 11.4. The number of aryl methyl sites for hydroxylation is 1. The van der Waals surface area contributed by atoms with Crippen LogP contribution in [0.5, 0.6) is 0 Å². The van der Waals surface area contributed by atoms with E-state index in [4.69, 9.17) is 16.0 Å². The molecule has 78 valence electrons. The molecule has 0 spiro atoms. The van der Waals surface area contributed by atoms with Crippen LogP contribution in [0.25, 0.3) is 0 Å². The first-order valence-electron chi connectivity index (χ1n) is 4.62. The van der Waals surface area contributed by atoms with Crippen molar-refractivity contribution in [2.24, 2.45) is 0 Å². The lowest BCUT2D eigenvalue weighted by atomic mass is 10.3. The topological polar surface area (TPSA) is 42.2 Å². The molecule has 0 unspecified atom stereocenters. The average molecular weight is 216 g/mol. The zero-order chi connectivity index (χ0) is 10.6. The molecule has 1 heterocycles. The van der Waals surface area contributed by atoms with Gasteiger partial charge in [-0.3, -0.25) is 4.79 Å². The molecule has 0 fully saturated rings. The van der Waals surface area contributed by atoms with E-state index < -0.39 is 0 Å². The van der Waals surface area contributed by atoms with E-state index in [9.17, 15) is 4.79 Å². The molecular weight excluding hydrogens is 202 g/mol. The summed E-state index contributed by atoms with van der Waals surface area (Å²) < 4.78 is 5.27. The SMILES string of the molecule is CCCNC(=O)c1cc(CCl)c(C)o1. The van der Waals surface area contributed by atoms with Gasteiger partial charge in [-0.25, -0.2) is 0 Å². The monoisotopic (exact) mass is 215 g/mol. The summed E-state index contributed by atoms with van der Waals surface area (Å²) in [5, 5.41) is 2.74. The van der Waals surface area contributed by atoms with Gasteiger partial charge in [-0.05, 0) is 19.4 Å². The van der Waals surface area contributed by atoms with Crippen LogP contribution >= 0.6 is 11.6 Å². The van der Waals surface area contributed by atoms with Crippen LogP contribution in [-0.2, 0) is 5.88 Å². The fourth-order valence-corrected chi connectivity index (χ4v) is 1.36. The number of alkyl halides is 1. The molecular formula is C10H14ClNO2. The molecule has 0 bridgehead atoms. The van der Waals surface area contributed by atoms with E-state index in [0.29, 0.717) is 23.9 Å². The molecule has 1 N–H and O–H groups in total. The number of amides is 1. The van der Waals surface area contributed by atoms with Crippen LogP contribution in [0.2, 0.25) is 0 Å². The Balaban J connectivity index is 2.70. The molecule has 4 heteroatoms. The molecule has 14 heavy (non-hydrogen) atoms. The lowest BCUT2D eigenvalue weighted by Gasteiger charge is -1.98. The van der Waals surface area contributed by atoms with Gasteiger partial charge in [0.1, 0.15) is 5.76 Å². The van der Waals surface area contributed by atoms with Gasteiger partial charge in [0.25, 0.3) is 5.91 Å². The molecule has 1 aromatic rings. The lowest BCUT2D eigenvalue weighted by Crippen LogP contribution is -2.23. The molecule has 0 saturated carbocycles. The number of halogens is 1. The smallest absolute Gasteiger partial charge is 0.287 e. The van der Waals surface area contributed by atoms with Gasteiger partial charge < -0.3 is 9.73 Å². The van der Waals surface area contributed by atoms with E-state index in [1.807, 2.05) is 6.92 Å². The highest BCUT2D eigenvalue weighted by Gasteiger charge is 2.12. The fraction of sp³-hybridized carbons (Fsp3) is 0.500. The van der Waals surface area contributed by atoms with Gasteiger partial charge >= 0.3 is 0 Å². The number of hydrogen-bond donors (Lipinski definition) is 1. The van der Waals surface area contributed by atoms with Crippen molar-refractivity contribution in [3.05, 3.63) is 23.2 Å². The van der Waals surface area contributed by atoms with E-state index in [1.54, 1.807) is 13.0 Å². The summed E-state index contributed by atoms with van der Waals surface area (Å²) in [4.78, 5) is 11.4. The van der Waals surface area contributed by atoms with Crippen LogP contribution in [0.4, 0.5) is 0 Å². The van der Waals surface area contributed by atoms with Crippen molar-refractivity contribution in [1.82, 2.24) is 5.32 Å². The molecule has 1 aromatic heterocycles. The van der Waals surface area contributed by atoms with Gasteiger partial charge in [-0.2, -0.15) is 0 Å². The van der Waals surface area contributed by atoms with Crippen molar-refractivity contribution in [3.63, 3.8) is 0 Å². The number of rotatable bonds is 4. The minimum absolute atomic E-state index is 0.175. The quantitative estimate of drug-likeness (QED) is 0.784. The molecule has 0 aromatic carbocycles. The van der Waals surface area contributed by atoms with Gasteiger partial charge in [0, 0.05) is 12.1 Å². The van der Waals surface area contributed by atoms with Crippen LogP contribution in [-0.4, -0.2) is 12.5 Å². The van der Waals surface area contributed by atoms with Crippen LogP contribution in [0, 0.1) is 6.92 Å². The molecule has 1 amide bonds. The molecule has 0 aliphatic rings. The van der Waals surface area contributed by atoms with Crippen LogP contribution < -0.4 is 5.32 Å². The molecule has 0 aliphatic carbocycles. The van der Waals surface area contributed by atoms with Crippen molar-refractivity contribution in [1.29, 1.82) is 0 Å². The Labute approximate surface area is 88.4 Å². The summed E-state index contributed by atoms with van der Waals surface area (Å²) in [6.07, 6.45) is 0.911. The number of carbonyl (C=O) groups excluding carboxylic acids is 1. The van der Waals surface area contributed by atoms with Gasteiger partial charge in [0.15, 0.2) is 5.76 Å². The Morgan fingerprint density at radius 3 is 2.86 bits per heavy atom. The third kappa shape index (κ3) is 2.51. The first kappa shape index (κ1) is 11.1. The largest absolute Gasteiger partial charge is 0.456 e. The maximum atomic E-state index is 11.4. The van der Waals surface area contributed by atoms with E-state index in [-0.39, 0.29) is 5.91 Å². The first-order valence-corrected chi connectivity index (χ1v) is 5.16. The number of furan rings is 1. The predicted molar refractivity (Wildman–Crippen MR) is 55.6 cm³/mol. The molecule has 3 nitrogen and oxygen atoms in total. The maximum Gasteiger partial charge on any atom is 0.287 e. The van der Waals surface area contributed by atoms with Crippen molar-refractivity contribution < 1.29 is 9.21 Å². The lowest BCUT2D eigenvalue weighted by molar-refractivity contribution is 0.0924. The first-order chi connectivity index (χ1) is 6.69. The van der Waals surface area contributed by atoms with Gasteiger partial charge in [-0.15, -0.1) is 11.6 Å². The Morgan fingerprint density at radius 1 is 1.64 bits per heavy atom. The Morgan fingerprint density at radius 2 is 2.36 bits per heavy atom. The zero-order valence-electron chi connectivity index (χ0n) is 8.39. The fourth-order valence-electron chi connectivity index (χ4n) is 1.09. The summed E-state index contributed by atoms with van der Waals surface area (Å²) in [5.74, 6) is 1.25. The number of carbonyl (C=O) groups is 1. The minimum atomic E-state index is -0.175. The minimum Gasteiger partial charge on any atom is -0.456 e. The summed E-state index contributed by atoms with van der Waals surface area (Å²) >= 11 is 5.66. The second-order valence-electron chi connectivity index (χ2n) is 3.08. The third-order valence-electron chi connectivity index (χ3n) is 1.92. The van der Waals surface area contributed by atoms with Crippen LogP contribution in [0.1, 0.15) is 35.2 Å². The predicted octanol–water partition coefficient (Wildman–Crippen LogP) is 2.47. The Kier molecular flexibility index (Phi) is 4.01. The molecule has 0 atom stereocenters. The summed E-state index contributed by atoms with van der Waals surface area (Å²) in [7, 11) is 0. The molecule has 0 radical (unpaired) electrons. The normalized spacial score (nSPS) is 10.2. The van der Waals surface area contributed by atoms with E-state index >= 15 is 0 Å². The third-order valence-corrected chi connectivity index (χ3v) is 2.21. The molecule has 0 saturated heterocycles. The van der Waals surface area contributed by atoms with Crippen molar-refractivity contribution in [3.8, 4) is 0 Å². The second-order valence-corrected chi connectivity index (χ2v) is 3.35. The van der Waals surface area contributed by atoms with E-state index in [2.05, 4.69) is 5.32 Å². The van der Waals surface area contributed by atoms with Gasteiger partial charge in [0.05, 0.1) is 5.88 Å². The van der Waals surface area contributed by atoms with Crippen LogP contribution in [0.3, 0.4) is 0 Å². The summed E-state index contributed by atoms with van der Waals surface area (Å²) in [6, 6.07) is 1.69.